The minimum Gasteiger partial charge on any atom is -0.328 e. The van der Waals surface area contributed by atoms with E-state index in [1.54, 1.807) is 10.7 Å². The van der Waals surface area contributed by atoms with Crippen LogP contribution in [0.5, 0.6) is 0 Å². The van der Waals surface area contributed by atoms with Crippen LogP contribution in [-0.4, -0.2) is 20.6 Å². The third-order valence-corrected chi connectivity index (χ3v) is 2.08. The fourth-order valence-corrected chi connectivity index (χ4v) is 1.33. The maximum atomic E-state index is 5.65. The summed E-state index contributed by atoms with van der Waals surface area (Å²) in [6.45, 7) is 1.99. The maximum Gasteiger partial charge on any atom is 0.154 e. The van der Waals surface area contributed by atoms with Crippen LogP contribution in [0.25, 0.3) is 11.7 Å². The fraction of sp³-hybridized carbons (Fsp3) is 0.273. The number of hydrogen-bond acceptors (Lipinski definition) is 3. The van der Waals surface area contributed by atoms with Crippen molar-refractivity contribution in [1.82, 2.24) is 14.6 Å². The molecule has 0 saturated carbocycles. The van der Waals surface area contributed by atoms with Crippen LogP contribution in [0.1, 0.15) is 18.9 Å². The van der Waals surface area contributed by atoms with E-state index in [9.17, 15) is 0 Å². The molecule has 2 aromatic rings. The van der Waals surface area contributed by atoms with Gasteiger partial charge in [-0.25, -0.2) is 9.50 Å². The van der Waals surface area contributed by atoms with Crippen LogP contribution in [-0.2, 0) is 0 Å². The van der Waals surface area contributed by atoms with Gasteiger partial charge in [-0.05, 0) is 13.3 Å². The molecule has 94 valence electrons. The molecule has 0 spiro atoms. The van der Waals surface area contributed by atoms with E-state index in [2.05, 4.69) is 16.2 Å². The van der Waals surface area contributed by atoms with Crippen molar-refractivity contribution in [3.63, 3.8) is 0 Å². The predicted molar refractivity (Wildman–Crippen MR) is 74.8 cm³/mol. The molecule has 0 amide bonds. The number of halogens is 2. The molecule has 0 aliphatic carbocycles. The minimum absolute atomic E-state index is 0. The van der Waals surface area contributed by atoms with Gasteiger partial charge in [0.15, 0.2) is 5.65 Å². The second kappa shape index (κ2) is 7.27. The average molecular weight is 275 g/mol. The summed E-state index contributed by atoms with van der Waals surface area (Å²) in [6.07, 6.45) is 10.4. The maximum absolute atomic E-state index is 5.65. The Labute approximate surface area is 113 Å². The predicted octanol–water partition coefficient (Wildman–Crippen LogP) is 2.32. The first-order valence-corrected chi connectivity index (χ1v) is 4.97. The van der Waals surface area contributed by atoms with Crippen molar-refractivity contribution in [3.05, 3.63) is 36.3 Å². The molecule has 0 aliphatic heterocycles. The van der Waals surface area contributed by atoms with Crippen LogP contribution in [0, 0.1) is 0 Å². The number of nitrogens with zero attached hydrogens (tertiary/aromatic N) is 3. The van der Waals surface area contributed by atoms with Crippen molar-refractivity contribution in [1.29, 1.82) is 0 Å². The molecule has 0 bridgehead atoms. The summed E-state index contributed by atoms with van der Waals surface area (Å²) in [7, 11) is 0. The molecule has 2 aromatic heterocycles. The highest BCUT2D eigenvalue weighted by Gasteiger charge is 1.94. The molecule has 0 aliphatic rings. The van der Waals surface area contributed by atoms with Gasteiger partial charge < -0.3 is 5.73 Å². The summed E-state index contributed by atoms with van der Waals surface area (Å²) in [5.41, 5.74) is 7.54. The zero-order valence-electron chi connectivity index (χ0n) is 9.48. The van der Waals surface area contributed by atoms with Crippen LogP contribution in [0.4, 0.5) is 0 Å². The van der Waals surface area contributed by atoms with Crippen molar-refractivity contribution in [2.45, 2.75) is 19.4 Å². The normalized spacial score (nSPS) is 12.1. The van der Waals surface area contributed by atoms with Crippen LogP contribution in [0.15, 0.2) is 30.7 Å². The standard InChI is InChI=1S/C11H14N4.2ClH/c1-9(12)3-2-4-10-7-13-11-5-6-14-15(11)8-10;;/h2,4-9H,3,12H2,1H3;2*1H/b4-2+;;/t9-;;/m0../s1. The van der Waals surface area contributed by atoms with Crippen molar-refractivity contribution in [2.24, 2.45) is 5.73 Å². The summed E-state index contributed by atoms with van der Waals surface area (Å²) in [6, 6.07) is 2.07. The molecule has 0 saturated heterocycles. The van der Waals surface area contributed by atoms with Gasteiger partial charge in [-0.15, -0.1) is 24.8 Å². The van der Waals surface area contributed by atoms with Gasteiger partial charge >= 0.3 is 0 Å². The molecule has 1 atom stereocenters. The molecule has 17 heavy (non-hydrogen) atoms. The Morgan fingerprint density at radius 2 is 2.24 bits per heavy atom. The van der Waals surface area contributed by atoms with Gasteiger partial charge in [0, 0.05) is 30.1 Å². The number of nitrogens with two attached hydrogens (primary N) is 1. The first-order valence-electron chi connectivity index (χ1n) is 4.97. The van der Waals surface area contributed by atoms with Crippen molar-refractivity contribution in [3.8, 4) is 0 Å². The summed E-state index contributed by atoms with van der Waals surface area (Å²) in [5.74, 6) is 0. The summed E-state index contributed by atoms with van der Waals surface area (Å²) >= 11 is 0. The lowest BCUT2D eigenvalue weighted by Gasteiger charge is -1.98. The number of aromatic nitrogens is 3. The van der Waals surface area contributed by atoms with Gasteiger partial charge in [-0.2, -0.15) is 5.10 Å². The Morgan fingerprint density at radius 1 is 1.47 bits per heavy atom. The van der Waals surface area contributed by atoms with E-state index in [1.807, 2.05) is 31.5 Å². The van der Waals surface area contributed by atoms with E-state index in [4.69, 9.17) is 5.73 Å². The molecule has 2 rings (SSSR count). The Bertz CT molecular complexity index is 479. The summed E-state index contributed by atoms with van der Waals surface area (Å²) in [5, 5.41) is 4.12. The van der Waals surface area contributed by atoms with E-state index < -0.39 is 0 Å². The average Bonchev–Trinajstić information content (AvgIpc) is 2.64. The molecular formula is C11H16Cl2N4. The molecule has 4 nitrogen and oxygen atoms in total. The van der Waals surface area contributed by atoms with E-state index in [0.717, 1.165) is 17.6 Å². The second-order valence-electron chi connectivity index (χ2n) is 3.64. The van der Waals surface area contributed by atoms with Crippen molar-refractivity contribution in [2.75, 3.05) is 0 Å². The molecule has 0 aromatic carbocycles. The van der Waals surface area contributed by atoms with Crippen molar-refractivity contribution >= 4 is 36.5 Å². The summed E-state index contributed by atoms with van der Waals surface area (Å²) in [4.78, 5) is 4.26. The molecule has 2 heterocycles. The first-order chi connectivity index (χ1) is 7.25. The lowest BCUT2D eigenvalue weighted by molar-refractivity contribution is 0.759. The number of rotatable bonds is 3. The van der Waals surface area contributed by atoms with Gasteiger partial charge in [0.1, 0.15) is 0 Å². The summed E-state index contributed by atoms with van der Waals surface area (Å²) < 4.78 is 1.76. The van der Waals surface area contributed by atoms with Gasteiger partial charge in [-0.3, -0.25) is 0 Å². The third kappa shape index (κ3) is 4.34. The molecule has 0 fully saturated rings. The van der Waals surface area contributed by atoms with Gasteiger partial charge in [0.2, 0.25) is 0 Å². The third-order valence-electron chi connectivity index (χ3n) is 2.08. The zero-order valence-corrected chi connectivity index (χ0v) is 11.1. The quantitative estimate of drug-likeness (QED) is 0.935. The fourth-order valence-electron chi connectivity index (χ4n) is 1.33. The first kappa shape index (κ1) is 15.9. The number of fused-ring (bicyclic) bond motifs is 1. The molecule has 6 heteroatoms. The van der Waals surface area contributed by atoms with E-state index in [0.29, 0.717) is 0 Å². The van der Waals surface area contributed by atoms with Gasteiger partial charge in [0.05, 0.1) is 6.20 Å². The minimum atomic E-state index is 0. The van der Waals surface area contributed by atoms with Gasteiger partial charge in [-0.1, -0.05) is 12.2 Å². The van der Waals surface area contributed by atoms with Crippen LogP contribution < -0.4 is 5.73 Å². The number of hydrogen-bond donors (Lipinski definition) is 1. The van der Waals surface area contributed by atoms with E-state index in [-0.39, 0.29) is 30.9 Å². The lowest BCUT2D eigenvalue weighted by Crippen LogP contribution is -2.12. The second-order valence-corrected chi connectivity index (χ2v) is 3.64. The topological polar surface area (TPSA) is 56.2 Å². The monoisotopic (exact) mass is 274 g/mol. The highest BCUT2D eigenvalue weighted by Crippen LogP contribution is 2.04. The van der Waals surface area contributed by atoms with Crippen LogP contribution >= 0.6 is 24.8 Å². The molecule has 0 unspecified atom stereocenters. The van der Waals surface area contributed by atoms with E-state index >= 15 is 0 Å². The van der Waals surface area contributed by atoms with Gasteiger partial charge in [0.25, 0.3) is 0 Å². The highest BCUT2D eigenvalue weighted by atomic mass is 35.5. The molecule has 2 N–H and O–H groups in total. The Balaban J connectivity index is 0.00000128. The molecular weight excluding hydrogens is 259 g/mol. The molecule has 0 radical (unpaired) electrons. The van der Waals surface area contributed by atoms with Crippen molar-refractivity contribution < 1.29 is 0 Å². The van der Waals surface area contributed by atoms with Crippen LogP contribution in [0.3, 0.4) is 0 Å². The SMILES string of the molecule is C[C@H](N)C/C=C/c1cnc2ccnn2c1.Cl.Cl. The Hall–Kier alpha value is -1.10. The zero-order chi connectivity index (χ0) is 10.7. The lowest BCUT2D eigenvalue weighted by atomic mass is 10.2. The Morgan fingerprint density at radius 3 is 2.94 bits per heavy atom. The van der Waals surface area contributed by atoms with Crippen LogP contribution in [0.2, 0.25) is 0 Å². The smallest absolute Gasteiger partial charge is 0.154 e. The highest BCUT2D eigenvalue weighted by molar-refractivity contribution is 5.85. The van der Waals surface area contributed by atoms with E-state index in [1.165, 1.54) is 0 Å². The Kier molecular flexibility index (Phi) is 6.80. The largest absolute Gasteiger partial charge is 0.328 e.